The van der Waals surface area contributed by atoms with Crippen molar-refractivity contribution in [1.82, 2.24) is 0 Å². The fourth-order valence-electron chi connectivity index (χ4n) is 4.14. The molecule has 2 atom stereocenters. The first-order valence-electron chi connectivity index (χ1n) is 8.60. The summed E-state index contributed by atoms with van der Waals surface area (Å²) in [6.45, 7) is 0. The zero-order chi connectivity index (χ0) is 19.5. The van der Waals surface area contributed by atoms with Crippen LogP contribution in [0.25, 0.3) is 0 Å². The molecule has 0 unspecified atom stereocenters. The van der Waals surface area contributed by atoms with Crippen molar-refractivity contribution in [2.75, 3.05) is 0 Å². The summed E-state index contributed by atoms with van der Waals surface area (Å²) in [4.78, 5) is 1.44. The van der Waals surface area contributed by atoms with E-state index in [2.05, 4.69) is 0 Å². The fraction of sp³-hybridized carbons (Fsp3) is 0.0909. The van der Waals surface area contributed by atoms with E-state index in [0.29, 0.717) is 32.3 Å². The second-order valence-corrected chi connectivity index (χ2v) is 9.41. The van der Waals surface area contributed by atoms with Gasteiger partial charge in [0.2, 0.25) is 0 Å². The van der Waals surface area contributed by atoms with Crippen LogP contribution in [0.3, 0.4) is 0 Å². The van der Waals surface area contributed by atoms with Gasteiger partial charge in [-0.3, -0.25) is 0 Å². The van der Waals surface area contributed by atoms with Gasteiger partial charge in [-0.05, 0) is 35.0 Å². The Balaban J connectivity index is 1.99. The van der Waals surface area contributed by atoms with Crippen LogP contribution in [0.5, 0.6) is 0 Å². The molecule has 4 aromatic rings. The third-order valence-electron chi connectivity index (χ3n) is 5.29. The number of halogens is 2. The molecule has 2 nitrogen and oxygen atoms in total. The van der Waals surface area contributed by atoms with Gasteiger partial charge in [-0.15, -0.1) is 22.7 Å². The van der Waals surface area contributed by atoms with Gasteiger partial charge in [0.05, 0.1) is 0 Å². The van der Waals surface area contributed by atoms with E-state index < -0.39 is 11.2 Å². The van der Waals surface area contributed by atoms with Crippen LogP contribution in [-0.4, -0.2) is 10.2 Å². The number of thiophene rings is 2. The van der Waals surface area contributed by atoms with Gasteiger partial charge in [-0.1, -0.05) is 59.6 Å². The maximum Gasteiger partial charge on any atom is 0.151 e. The maximum atomic E-state index is 12.1. The molecular formula is C22H14Cl2O2S2. The smallest absolute Gasteiger partial charge is 0.151 e. The van der Waals surface area contributed by atoms with Crippen molar-refractivity contribution < 1.29 is 10.2 Å². The van der Waals surface area contributed by atoms with E-state index in [0.717, 1.165) is 9.75 Å². The number of benzene rings is 2. The van der Waals surface area contributed by atoms with E-state index in [1.807, 2.05) is 47.2 Å². The topological polar surface area (TPSA) is 40.5 Å². The van der Waals surface area contributed by atoms with Gasteiger partial charge in [0, 0.05) is 42.1 Å². The van der Waals surface area contributed by atoms with Gasteiger partial charge >= 0.3 is 0 Å². The van der Waals surface area contributed by atoms with Crippen LogP contribution >= 0.6 is 45.9 Å². The molecular weight excluding hydrogens is 431 g/mol. The van der Waals surface area contributed by atoms with Crippen molar-refractivity contribution in [2.45, 2.75) is 11.2 Å². The molecule has 2 aromatic heterocycles. The predicted molar refractivity (Wildman–Crippen MR) is 116 cm³/mol. The summed E-state index contributed by atoms with van der Waals surface area (Å²) in [5.74, 6) is 0. The molecule has 2 N–H and O–H groups in total. The Labute approximate surface area is 180 Å². The largest absolute Gasteiger partial charge is 0.375 e. The van der Waals surface area contributed by atoms with Crippen LogP contribution in [-0.2, 0) is 11.2 Å². The average molecular weight is 445 g/mol. The zero-order valence-corrected chi connectivity index (χ0v) is 17.5. The Hall–Kier alpha value is -1.66. The highest BCUT2D eigenvalue weighted by atomic mass is 35.5. The van der Waals surface area contributed by atoms with E-state index in [1.165, 1.54) is 22.7 Å². The maximum absolute atomic E-state index is 12.1. The van der Waals surface area contributed by atoms with E-state index >= 15 is 0 Å². The van der Waals surface area contributed by atoms with Gasteiger partial charge in [0.25, 0.3) is 0 Å². The van der Waals surface area contributed by atoms with Crippen molar-refractivity contribution >= 4 is 45.9 Å². The minimum Gasteiger partial charge on any atom is -0.375 e. The van der Waals surface area contributed by atoms with Crippen molar-refractivity contribution in [1.29, 1.82) is 0 Å². The number of aliphatic hydroxyl groups is 2. The molecule has 1 aliphatic carbocycles. The zero-order valence-electron chi connectivity index (χ0n) is 14.4. The molecule has 0 saturated heterocycles. The van der Waals surface area contributed by atoms with Crippen LogP contribution in [0, 0.1) is 0 Å². The van der Waals surface area contributed by atoms with Crippen molar-refractivity contribution in [3.63, 3.8) is 0 Å². The van der Waals surface area contributed by atoms with E-state index in [1.54, 1.807) is 24.3 Å². The van der Waals surface area contributed by atoms with Crippen LogP contribution in [0.4, 0.5) is 0 Å². The van der Waals surface area contributed by atoms with Crippen molar-refractivity contribution in [3.8, 4) is 0 Å². The Bertz CT molecular complexity index is 1080. The minimum absolute atomic E-state index is 0.397. The SMILES string of the molecule is O[C@@]1(c2cccs2)c2cccc(Cl)c2[C@](O)(c2cccs2)c2cccc(Cl)c21. The molecule has 0 fully saturated rings. The van der Waals surface area contributed by atoms with Crippen molar-refractivity contribution in [3.05, 3.63) is 113 Å². The Morgan fingerprint density at radius 2 is 1.04 bits per heavy atom. The second-order valence-electron chi connectivity index (χ2n) is 6.70. The van der Waals surface area contributed by atoms with Gasteiger partial charge in [0.1, 0.15) is 0 Å². The molecule has 6 heteroatoms. The summed E-state index contributed by atoms with van der Waals surface area (Å²) < 4.78 is 0. The summed E-state index contributed by atoms with van der Waals surface area (Å²) in [5, 5.41) is 28.9. The second kappa shape index (κ2) is 6.42. The third kappa shape index (κ3) is 2.28. The molecule has 140 valence electrons. The summed E-state index contributed by atoms with van der Waals surface area (Å²) >= 11 is 16.2. The van der Waals surface area contributed by atoms with Crippen LogP contribution in [0.15, 0.2) is 71.4 Å². The molecule has 5 rings (SSSR count). The molecule has 1 aliphatic rings. The first kappa shape index (κ1) is 18.4. The van der Waals surface area contributed by atoms with E-state index in [4.69, 9.17) is 23.2 Å². The van der Waals surface area contributed by atoms with E-state index in [-0.39, 0.29) is 0 Å². The standard InChI is InChI=1S/C22H14Cl2O2S2/c23-15-7-1-5-13-19(15)22(26,18-10-4-12-28-18)14-6-2-8-16(24)20(14)21(13,25)17-9-3-11-27-17/h1-12,25-26H/t21-,22-/m1/s1. The lowest BCUT2D eigenvalue weighted by Crippen LogP contribution is -2.44. The molecule has 0 radical (unpaired) electrons. The third-order valence-corrected chi connectivity index (χ3v) is 7.87. The average Bonchev–Trinajstić information content (AvgIpc) is 3.40. The van der Waals surface area contributed by atoms with Gasteiger partial charge in [0.15, 0.2) is 11.2 Å². The van der Waals surface area contributed by atoms with Crippen LogP contribution < -0.4 is 0 Å². The Morgan fingerprint density at radius 3 is 1.39 bits per heavy atom. The van der Waals surface area contributed by atoms with E-state index in [9.17, 15) is 10.2 Å². The fourth-order valence-corrected chi connectivity index (χ4v) is 6.45. The van der Waals surface area contributed by atoms with Crippen molar-refractivity contribution in [2.24, 2.45) is 0 Å². The molecule has 2 heterocycles. The highest BCUT2D eigenvalue weighted by Crippen LogP contribution is 2.57. The molecule has 28 heavy (non-hydrogen) atoms. The summed E-state index contributed by atoms with van der Waals surface area (Å²) in [6, 6.07) is 18.2. The molecule has 2 aromatic carbocycles. The molecule has 0 bridgehead atoms. The summed E-state index contributed by atoms with van der Waals surface area (Å²) in [7, 11) is 0. The Morgan fingerprint density at radius 1 is 0.607 bits per heavy atom. The molecule has 0 aliphatic heterocycles. The van der Waals surface area contributed by atoms with Crippen LogP contribution in [0.1, 0.15) is 32.0 Å². The summed E-state index contributed by atoms with van der Waals surface area (Å²) in [6.07, 6.45) is 0. The number of hydrogen-bond acceptors (Lipinski definition) is 4. The molecule has 0 spiro atoms. The highest BCUT2D eigenvalue weighted by Gasteiger charge is 2.53. The highest BCUT2D eigenvalue weighted by molar-refractivity contribution is 7.10. The molecule has 0 saturated carbocycles. The first-order chi connectivity index (χ1) is 13.5. The molecule has 0 amide bonds. The van der Waals surface area contributed by atoms with Gasteiger partial charge in [-0.25, -0.2) is 0 Å². The lowest BCUT2D eigenvalue weighted by molar-refractivity contribution is 0.0788. The number of hydrogen-bond donors (Lipinski definition) is 2. The van der Waals surface area contributed by atoms with Gasteiger partial charge < -0.3 is 10.2 Å². The lowest BCUT2D eigenvalue weighted by Gasteiger charge is -2.44. The first-order valence-corrected chi connectivity index (χ1v) is 11.1. The lowest BCUT2D eigenvalue weighted by atomic mass is 9.66. The van der Waals surface area contributed by atoms with Gasteiger partial charge in [-0.2, -0.15) is 0 Å². The summed E-state index contributed by atoms with van der Waals surface area (Å²) in [5.41, 5.74) is -0.954. The number of fused-ring (bicyclic) bond motifs is 2. The van der Waals surface area contributed by atoms with Crippen LogP contribution in [0.2, 0.25) is 10.0 Å². The minimum atomic E-state index is -1.51. The monoisotopic (exact) mass is 444 g/mol. The Kier molecular flexibility index (Phi) is 4.22. The normalized spacial score (nSPS) is 23.3. The number of rotatable bonds is 2. The predicted octanol–water partition coefficient (Wildman–Crippen LogP) is 6.00. The quantitative estimate of drug-likeness (QED) is 0.398.